The Balaban J connectivity index is 2.30. The molecule has 0 aliphatic carbocycles. The van der Waals surface area contributed by atoms with Gasteiger partial charge in [-0.3, -0.25) is 0 Å². The Labute approximate surface area is 116 Å². The third-order valence-corrected chi connectivity index (χ3v) is 3.09. The van der Waals surface area contributed by atoms with E-state index in [0.717, 1.165) is 0 Å². The van der Waals surface area contributed by atoms with Gasteiger partial charge in [0, 0.05) is 24.2 Å². The highest BCUT2D eigenvalue weighted by Crippen LogP contribution is 2.25. The molecule has 2 aromatic carbocycles. The minimum atomic E-state index is -0.255. The molecular weight excluding hydrogens is 263 g/mol. The van der Waals surface area contributed by atoms with Crippen LogP contribution in [0.2, 0.25) is 5.02 Å². The summed E-state index contributed by atoms with van der Waals surface area (Å²) in [5.41, 5.74) is 1.79. The zero-order chi connectivity index (χ0) is 13.8. The van der Waals surface area contributed by atoms with E-state index in [0.29, 0.717) is 28.4 Å². The van der Waals surface area contributed by atoms with E-state index in [1.165, 1.54) is 6.07 Å². The summed E-state index contributed by atoms with van der Waals surface area (Å²) < 4.78 is 13.6. The van der Waals surface area contributed by atoms with E-state index >= 15 is 0 Å². The Hall–Kier alpha value is -2.05. The van der Waals surface area contributed by atoms with Crippen LogP contribution in [0.15, 0.2) is 42.5 Å². The van der Waals surface area contributed by atoms with Crippen molar-refractivity contribution in [2.45, 2.75) is 6.54 Å². The van der Waals surface area contributed by atoms with Crippen LogP contribution in [0.3, 0.4) is 0 Å². The molecule has 0 N–H and O–H groups in total. The van der Waals surface area contributed by atoms with Crippen LogP contribution in [0, 0.1) is 17.1 Å². The number of rotatable bonds is 3. The Bertz CT molecular complexity index is 634. The van der Waals surface area contributed by atoms with E-state index in [9.17, 15) is 4.39 Å². The van der Waals surface area contributed by atoms with Crippen molar-refractivity contribution in [2.75, 3.05) is 11.9 Å². The lowest BCUT2D eigenvalue weighted by Crippen LogP contribution is -2.18. The first-order chi connectivity index (χ1) is 9.11. The molecule has 0 amide bonds. The molecule has 0 radical (unpaired) electrons. The van der Waals surface area contributed by atoms with Gasteiger partial charge in [0.15, 0.2) is 0 Å². The highest BCUT2D eigenvalue weighted by Gasteiger charge is 2.10. The van der Waals surface area contributed by atoms with Gasteiger partial charge in [0.2, 0.25) is 0 Å². The molecule has 0 heterocycles. The molecule has 0 unspecified atom stereocenters. The maximum Gasteiger partial charge on any atom is 0.128 e. The number of benzene rings is 2. The lowest BCUT2D eigenvalue weighted by atomic mass is 10.1. The number of anilines is 1. The molecule has 0 aliphatic rings. The van der Waals surface area contributed by atoms with Crippen LogP contribution in [0.1, 0.15) is 11.1 Å². The van der Waals surface area contributed by atoms with E-state index in [-0.39, 0.29) is 5.82 Å². The summed E-state index contributed by atoms with van der Waals surface area (Å²) in [5, 5.41) is 9.64. The SMILES string of the molecule is CN(Cc1ccccc1F)c1cc(Cl)ccc1C#N. The van der Waals surface area contributed by atoms with Crippen molar-refractivity contribution in [2.24, 2.45) is 0 Å². The second-order valence-electron chi connectivity index (χ2n) is 4.22. The summed E-state index contributed by atoms with van der Waals surface area (Å²) in [6.45, 7) is 0.377. The molecule has 2 rings (SSSR count). The zero-order valence-electron chi connectivity index (χ0n) is 10.4. The molecule has 0 atom stereocenters. The average Bonchev–Trinajstić information content (AvgIpc) is 2.41. The van der Waals surface area contributed by atoms with Gasteiger partial charge in [-0.1, -0.05) is 29.8 Å². The van der Waals surface area contributed by atoms with Crippen LogP contribution in [0.5, 0.6) is 0 Å². The van der Waals surface area contributed by atoms with Gasteiger partial charge in [-0.2, -0.15) is 5.26 Å². The van der Waals surface area contributed by atoms with Gasteiger partial charge in [-0.15, -0.1) is 0 Å². The average molecular weight is 275 g/mol. The minimum absolute atomic E-state index is 0.255. The Kier molecular flexibility index (Phi) is 4.03. The molecule has 2 aromatic rings. The van der Waals surface area contributed by atoms with Crippen molar-refractivity contribution >= 4 is 17.3 Å². The van der Waals surface area contributed by atoms with Crippen molar-refractivity contribution in [3.8, 4) is 6.07 Å². The number of halogens is 2. The maximum atomic E-state index is 13.6. The molecule has 0 aliphatic heterocycles. The Morgan fingerprint density at radius 2 is 2.00 bits per heavy atom. The molecule has 96 valence electrons. The zero-order valence-corrected chi connectivity index (χ0v) is 11.2. The Morgan fingerprint density at radius 3 is 2.68 bits per heavy atom. The Morgan fingerprint density at radius 1 is 1.26 bits per heavy atom. The predicted octanol–water partition coefficient (Wildman–Crippen LogP) is 3.99. The molecule has 0 spiro atoms. The summed E-state index contributed by atoms with van der Waals surface area (Å²) in [6.07, 6.45) is 0. The number of hydrogen-bond donors (Lipinski definition) is 0. The van der Waals surface area contributed by atoms with Gasteiger partial charge in [-0.25, -0.2) is 4.39 Å². The van der Waals surface area contributed by atoms with Crippen LogP contribution in [0.25, 0.3) is 0 Å². The summed E-state index contributed by atoms with van der Waals surface area (Å²) in [5.74, 6) is -0.255. The third kappa shape index (κ3) is 3.04. The topological polar surface area (TPSA) is 27.0 Å². The van der Waals surface area contributed by atoms with Crippen LogP contribution in [-0.4, -0.2) is 7.05 Å². The number of hydrogen-bond acceptors (Lipinski definition) is 2. The van der Waals surface area contributed by atoms with Crippen LogP contribution in [0.4, 0.5) is 10.1 Å². The number of nitrogens with zero attached hydrogens (tertiary/aromatic N) is 2. The van der Waals surface area contributed by atoms with Crippen LogP contribution < -0.4 is 4.90 Å². The van der Waals surface area contributed by atoms with Gasteiger partial charge in [0.05, 0.1) is 11.3 Å². The quantitative estimate of drug-likeness (QED) is 0.846. The van der Waals surface area contributed by atoms with Gasteiger partial charge in [0.1, 0.15) is 11.9 Å². The summed E-state index contributed by atoms with van der Waals surface area (Å²) in [7, 11) is 1.80. The summed E-state index contributed by atoms with van der Waals surface area (Å²) in [6, 6.07) is 13.7. The fraction of sp³-hybridized carbons (Fsp3) is 0.133. The first kappa shape index (κ1) is 13.4. The van der Waals surface area contributed by atoms with E-state index in [4.69, 9.17) is 16.9 Å². The van der Waals surface area contributed by atoms with Gasteiger partial charge < -0.3 is 4.90 Å². The van der Waals surface area contributed by atoms with E-state index in [1.54, 1.807) is 43.4 Å². The highest BCUT2D eigenvalue weighted by molar-refractivity contribution is 6.30. The largest absolute Gasteiger partial charge is 0.369 e. The van der Waals surface area contributed by atoms with Gasteiger partial charge >= 0.3 is 0 Å². The molecular formula is C15H12ClFN2. The smallest absolute Gasteiger partial charge is 0.128 e. The fourth-order valence-electron chi connectivity index (χ4n) is 1.88. The van der Waals surface area contributed by atoms with Crippen molar-refractivity contribution in [3.63, 3.8) is 0 Å². The van der Waals surface area contributed by atoms with E-state index < -0.39 is 0 Å². The standard InChI is InChI=1S/C15H12ClFN2/c1-19(10-12-4-2-3-5-14(12)17)15-8-13(16)7-6-11(15)9-18/h2-8H,10H2,1H3. The third-order valence-electron chi connectivity index (χ3n) is 2.86. The maximum absolute atomic E-state index is 13.6. The normalized spacial score (nSPS) is 10.0. The van der Waals surface area contributed by atoms with Crippen molar-refractivity contribution < 1.29 is 4.39 Å². The summed E-state index contributed by atoms with van der Waals surface area (Å²) in [4.78, 5) is 1.81. The molecule has 0 fully saturated rings. The second-order valence-corrected chi connectivity index (χ2v) is 4.66. The van der Waals surface area contributed by atoms with Crippen molar-refractivity contribution in [1.29, 1.82) is 5.26 Å². The first-order valence-electron chi connectivity index (χ1n) is 5.76. The van der Waals surface area contributed by atoms with E-state index in [2.05, 4.69) is 6.07 Å². The van der Waals surface area contributed by atoms with Crippen LogP contribution in [-0.2, 0) is 6.54 Å². The van der Waals surface area contributed by atoms with Crippen molar-refractivity contribution in [3.05, 3.63) is 64.4 Å². The van der Waals surface area contributed by atoms with Gasteiger partial charge in [-0.05, 0) is 24.3 Å². The molecule has 2 nitrogen and oxygen atoms in total. The predicted molar refractivity (Wildman–Crippen MR) is 74.7 cm³/mol. The molecule has 19 heavy (non-hydrogen) atoms. The second kappa shape index (κ2) is 5.73. The first-order valence-corrected chi connectivity index (χ1v) is 6.14. The molecule has 0 saturated heterocycles. The monoisotopic (exact) mass is 274 g/mol. The van der Waals surface area contributed by atoms with Gasteiger partial charge in [0.25, 0.3) is 0 Å². The number of nitriles is 1. The lowest BCUT2D eigenvalue weighted by molar-refractivity contribution is 0.608. The van der Waals surface area contributed by atoms with E-state index in [1.807, 2.05) is 4.90 Å². The minimum Gasteiger partial charge on any atom is -0.369 e. The molecule has 0 saturated carbocycles. The molecule has 0 bridgehead atoms. The lowest BCUT2D eigenvalue weighted by Gasteiger charge is -2.21. The summed E-state index contributed by atoms with van der Waals surface area (Å²) >= 11 is 5.94. The molecule has 4 heteroatoms. The molecule has 0 aromatic heterocycles. The fourth-order valence-corrected chi connectivity index (χ4v) is 2.05. The van der Waals surface area contributed by atoms with Crippen LogP contribution >= 0.6 is 11.6 Å². The highest BCUT2D eigenvalue weighted by atomic mass is 35.5. The van der Waals surface area contributed by atoms with Crippen molar-refractivity contribution in [1.82, 2.24) is 0 Å².